The van der Waals surface area contributed by atoms with Crippen LogP contribution in [0.15, 0.2) is 18.2 Å². The van der Waals surface area contributed by atoms with Gasteiger partial charge in [0.25, 0.3) is 0 Å². The molecular formula is C19H27N3O3. The Balaban J connectivity index is 0.00000109. The van der Waals surface area contributed by atoms with Crippen LogP contribution >= 0.6 is 0 Å². The summed E-state index contributed by atoms with van der Waals surface area (Å²) in [6, 6.07) is 5.56. The molecule has 3 rings (SSSR count). The van der Waals surface area contributed by atoms with Crippen LogP contribution in [0.3, 0.4) is 0 Å². The third-order valence-electron chi connectivity index (χ3n) is 4.31. The van der Waals surface area contributed by atoms with Crippen molar-refractivity contribution >= 4 is 5.97 Å². The Labute approximate surface area is 148 Å². The van der Waals surface area contributed by atoms with Crippen molar-refractivity contribution < 1.29 is 14.6 Å². The summed E-state index contributed by atoms with van der Waals surface area (Å²) < 4.78 is 6.88. The lowest BCUT2D eigenvalue weighted by Gasteiger charge is -2.16. The summed E-state index contributed by atoms with van der Waals surface area (Å²) in [6.07, 6.45) is -0.634. The molecule has 6 heteroatoms. The first-order valence-electron chi connectivity index (χ1n) is 8.65. The Hall–Kier alpha value is -2.18. The number of carbonyl (C=O) groups excluding carboxylic acids is 1. The number of fused-ring (bicyclic) bond motifs is 1. The maximum Gasteiger partial charge on any atom is 0.338 e. The number of rotatable bonds is 5. The van der Waals surface area contributed by atoms with Gasteiger partial charge in [-0.2, -0.15) is 5.10 Å². The van der Waals surface area contributed by atoms with Gasteiger partial charge in [0.05, 0.1) is 23.1 Å². The quantitative estimate of drug-likeness (QED) is 0.815. The number of ether oxygens (including phenoxy) is 1. The summed E-state index contributed by atoms with van der Waals surface area (Å²) in [7, 11) is 1.90. The summed E-state index contributed by atoms with van der Waals surface area (Å²) >= 11 is 0. The van der Waals surface area contributed by atoms with Gasteiger partial charge in [-0.15, -0.1) is 0 Å². The first-order chi connectivity index (χ1) is 12.0. The number of nitrogens with one attached hydrogen (secondary N) is 1. The Morgan fingerprint density at radius 2 is 2.08 bits per heavy atom. The SMILES string of the molecule is CC.Cc1cc(CNCC(O)c2ccc3c(c2C)COC3=O)n(C)n1. The molecule has 6 nitrogen and oxygen atoms in total. The van der Waals surface area contributed by atoms with Crippen LogP contribution < -0.4 is 5.32 Å². The predicted molar refractivity (Wildman–Crippen MR) is 96.3 cm³/mol. The second-order valence-corrected chi connectivity index (χ2v) is 5.93. The van der Waals surface area contributed by atoms with Gasteiger partial charge in [-0.3, -0.25) is 4.68 Å². The van der Waals surface area contributed by atoms with Gasteiger partial charge in [-0.05, 0) is 37.1 Å². The molecule has 1 aliphatic heterocycles. The van der Waals surface area contributed by atoms with E-state index in [1.807, 2.05) is 45.5 Å². The third-order valence-corrected chi connectivity index (χ3v) is 4.31. The second-order valence-electron chi connectivity index (χ2n) is 5.93. The van der Waals surface area contributed by atoms with E-state index in [1.165, 1.54) is 0 Å². The minimum Gasteiger partial charge on any atom is -0.457 e. The van der Waals surface area contributed by atoms with Crippen LogP contribution in [0.2, 0.25) is 0 Å². The lowest BCUT2D eigenvalue weighted by Crippen LogP contribution is -2.23. The number of nitrogens with zero attached hydrogens (tertiary/aromatic N) is 2. The van der Waals surface area contributed by atoms with Crippen molar-refractivity contribution in [1.29, 1.82) is 0 Å². The fourth-order valence-corrected chi connectivity index (χ4v) is 3.01. The smallest absolute Gasteiger partial charge is 0.338 e. The summed E-state index contributed by atoms with van der Waals surface area (Å²) in [5.74, 6) is -0.283. The maximum atomic E-state index is 11.6. The largest absolute Gasteiger partial charge is 0.457 e. The zero-order valence-corrected chi connectivity index (χ0v) is 15.6. The number of hydrogen-bond acceptors (Lipinski definition) is 5. The average Bonchev–Trinajstić information content (AvgIpc) is 3.12. The van der Waals surface area contributed by atoms with Crippen molar-refractivity contribution in [2.24, 2.45) is 7.05 Å². The van der Waals surface area contributed by atoms with Gasteiger partial charge >= 0.3 is 5.97 Å². The zero-order valence-electron chi connectivity index (χ0n) is 15.6. The van der Waals surface area contributed by atoms with Crippen LogP contribution in [0.25, 0.3) is 0 Å². The highest BCUT2D eigenvalue weighted by Gasteiger charge is 2.25. The molecule has 1 aromatic heterocycles. The van der Waals surface area contributed by atoms with E-state index in [9.17, 15) is 9.90 Å². The van der Waals surface area contributed by atoms with Crippen molar-refractivity contribution in [3.63, 3.8) is 0 Å². The second kappa shape index (κ2) is 8.27. The molecule has 136 valence electrons. The molecule has 0 amide bonds. The van der Waals surface area contributed by atoms with Crippen molar-refractivity contribution in [1.82, 2.24) is 15.1 Å². The first-order valence-corrected chi connectivity index (χ1v) is 8.65. The Morgan fingerprint density at radius 1 is 1.36 bits per heavy atom. The standard InChI is InChI=1S/C17H21N3O3.C2H6/c1-10-6-12(20(3)19-10)7-18-8-16(21)13-4-5-14-15(11(13)2)9-23-17(14)22;1-2/h4-6,16,18,21H,7-9H2,1-3H3;1-2H3. The van der Waals surface area contributed by atoms with Crippen LogP contribution in [0.4, 0.5) is 0 Å². The minimum absolute atomic E-state index is 0.283. The number of benzene rings is 1. The molecule has 0 saturated carbocycles. The highest BCUT2D eigenvalue weighted by atomic mass is 16.5. The first kappa shape index (κ1) is 19.1. The number of aryl methyl sites for hydroxylation is 2. The highest BCUT2D eigenvalue weighted by molar-refractivity contribution is 5.93. The molecule has 0 saturated heterocycles. The van der Waals surface area contributed by atoms with E-state index in [2.05, 4.69) is 10.4 Å². The van der Waals surface area contributed by atoms with E-state index in [0.29, 0.717) is 25.3 Å². The number of aliphatic hydroxyl groups is 1. The van der Waals surface area contributed by atoms with E-state index in [4.69, 9.17) is 4.74 Å². The van der Waals surface area contributed by atoms with Gasteiger partial charge in [-0.25, -0.2) is 4.79 Å². The Kier molecular flexibility index (Phi) is 6.33. The minimum atomic E-state index is -0.634. The Morgan fingerprint density at radius 3 is 2.72 bits per heavy atom. The van der Waals surface area contributed by atoms with Crippen molar-refractivity contribution in [3.05, 3.63) is 51.8 Å². The fraction of sp³-hybridized carbons (Fsp3) is 0.474. The van der Waals surface area contributed by atoms with E-state index < -0.39 is 6.10 Å². The molecule has 0 bridgehead atoms. The molecule has 2 N–H and O–H groups in total. The molecule has 2 aromatic rings. The average molecular weight is 345 g/mol. The molecule has 0 radical (unpaired) electrons. The van der Waals surface area contributed by atoms with Gasteiger partial charge in [0.15, 0.2) is 0 Å². The van der Waals surface area contributed by atoms with Crippen molar-refractivity contribution in [2.75, 3.05) is 6.54 Å². The van der Waals surface area contributed by atoms with E-state index in [1.54, 1.807) is 12.1 Å². The summed E-state index contributed by atoms with van der Waals surface area (Å²) in [5.41, 5.74) is 5.30. The van der Waals surface area contributed by atoms with Crippen LogP contribution in [0.1, 0.15) is 58.4 Å². The van der Waals surface area contributed by atoms with Crippen molar-refractivity contribution in [2.45, 2.75) is 47.0 Å². The zero-order chi connectivity index (χ0) is 18.6. The van der Waals surface area contributed by atoms with E-state index >= 15 is 0 Å². The lowest BCUT2D eigenvalue weighted by atomic mass is 9.95. The number of aromatic nitrogens is 2. The van der Waals surface area contributed by atoms with E-state index in [0.717, 1.165) is 28.1 Å². The topological polar surface area (TPSA) is 76.4 Å². The molecule has 25 heavy (non-hydrogen) atoms. The highest BCUT2D eigenvalue weighted by Crippen LogP contribution is 2.28. The lowest BCUT2D eigenvalue weighted by molar-refractivity contribution is 0.0535. The molecular weight excluding hydrogens is 318 g/mol. The molecule has 0 spiro atoms. The normalized spacial score (nSPS) is 13.8. The van der Waals surface area contributed by atoms with Gasteiger partial charge in [0.2, 0.25) is 0 Å². The van der Waals surface area contributed by atoms with E-state index in [-0.39, 0.29) is 5.97 Å². The molecule has 1 aromatic carbocycles. The van der Waals surface area contributed by atoms with Crippen LogP contribution in [0.5, 0.6) is 0 Å². The number of aliphatic hydroxyl groups excluding tert-OH is 1. The number of esters is 1. The van der Waals surface area contributed by atoms with Gasteiger partial charge in [0.1, 0.15) is 6.61 Å². The van der Waals surface area contributed by atoms with Gasteiger partial charge in [0, 0.05) is 25.7 Å². The van der Waals surface area contributed by atoms with Gasteiger partial charge < -0.3 is 15.2 Å². The molecule has 1 atom stereocenters. The summed E-state index contributed by atoms with van der Waals surface area (Å²) in [5, 5.41) is 18.0. The Bertz CT molecular complexity index is 753. The molecule has 2 heterocycles. The molecule has 1 aliphatic rings. The third kappa shape index (κ3) is 4.08. The number of hydrogen-bond donors (Lipinski definition) is 2. The number of carbonyl (C=O) groups is 1. The fourth-order valence-electron chi connectivity index (χ4n) is 3.01. The molecule has 1 unspecified atom stereocenters. The van der Waals surface area contributed by atoms with Gasteiger partial charge in [-0.1, -0.05) is 19.9 Å². The summed E-state index contributed by atoms with van der Waals surface area (Å²) in [6.45, 7) is 9.24. The predicted octanol–water partition coefficient (Wildman–Crippen LogP) is 2.56. The monoisotopic (exact) mass is 345 g/mol. The summed E-state index contributed by atoms with van der Waals surface area (Å²) in [4.78, 5) is 11.6. The number of cyclic esters (lactones) is 1. The molecule has 0 fully saturated rings. The van der Waals surface area contributed by atoms with Crippen LogP contribution in [-0.2, 0) is 24.9 Å². The van der Waals surface area contributed by atoms with Crippen LogP contribution in [0, 0.1) is 13.8 Å². The van der Waals surface area contributed by atoms with Crippen molar-refractivity contribution in [3.8, 4) is 0 Å². The van der Waals surface area contributed by atoms with Crippen LogP contribution in [-0.4, -0.2) is 27.4 Å². The maximum absolute atomic E-state index is 11.6. The molecule has 0 aliphatic carbocycles.